The minimum atomic E-state index is -4.13. The van der Waals surface area contributed by atoms with E-state index in [0.717, 1.165) is 15.6 Å². The van der Waals surface area contributed by atoms with Crippen LogP contribution in [0.4, 0.5) is 16.2 Å². The van der Waals surface area contributed by atoms with Gasteiger partial charge in [-0.2, -0.15) is 0 Å². The Morgan fingerprint density at radius 1 is 0.816 bits per heavy atom. The molecule has 0 N–H and O–H groups in total. The van der Waals surface area contributed by atoms with E-state index in [1.54, 1.807) is 41.3 Å². The van der Waals surface area contributed by atoms with Crippen LogP contribution < -0.4 is 9.80 Å². The van der Waals surface area contributed by atoms with Gasteiger partial charge in [0.2, 0.25) is 5.91 Å². The molecule has 3 aromatic carbocycles. The van der Waals surface area contributed by atoms with E-state index in [1.165, 1.54) is 28.2 Å². The molecule has 0 aliphatic carbocycles. The van der Waals surface area contributed by atoms with Crippen molar-refractivity contribution in [2.24, 2.45) is 0 Å². The Labute approximate surface area is 224 Å². The number of nitrogens with zero attached hydrogens (tertiary/aromatic N) is 4. The summed E-state index contributed by atoms with van der Waals surface area (Å²) in [6.45, 7) is 8.07. The predicted octanol–water partition coefficient (Wildman–Crippen LogP) is 3.96. The fourth-order valence-corrected chi connectivity index (χ4v) is 6.48. The number of piperazine rings is 1. The smallest absolute Gasteiger partial charge is 0.339 e. The minimum absolute atomic E-state index is 0.0275. The normalized spacial score (nSPS) is 18.3. The number of aryl methyl sites for hydroxylation is 3. The van der Waals surface area contributed by atoms with Crippen molar-refractivity contribution in [2.75, 3.05) is 42.5 Å². The molecule has 0 radical (unpaired) electrons. The maximum absolute atomic E-state index is 13.8. The predicted molar refractivity (Wildman–Crippen MR) is 148 cm³/mol. The SMILES string of the molecule is Cc1ccc(S(=O)(=O)N2CC(C(=O)N3CCN(c4cc(C)ccc4C)CC3)N(c3ccccc3)C2=O)cc1. The highest BCUT2D eigenvalue weighted by Gasteiger charge is 2.49. The Morgan fingerprint density at radius 2 is 1.45 bits per heavy atom. The molecule has 8 nitrogen and oxygen atoms in total. The number of carbonyl (C=O) groups is 2. The van der Waals surface area contributed by atoms with E-state index in [2.05, 4.69) is 36.9 Å². The van der Waals surface area contributed by atoms with E-state index in [4.69, 9.17) is 0 Å². The third-order valence-corrected chi connectivity index (χ3v) is 9.05. The Bertz CT molecular complexity index is 1450. The summed E-state index contributed by atoms with van der Waals surface area (Å²) in [7, 11) is -4.13. The molecule has 5 rings (SSSR count). The number of para-hydroxylation sites is 1. The quantitative estimate of drug-likeness (QED) is 0.497. The molecule has 3 aromatic rings. The molecule has 2 aliphatic rings. The second kappa shape index (κ2) is 10.1. The van der Waals surface area contributed by atoms with Gasteiger partial charge in [0.05, 0.1) is 11.4 Å². The average Bonchev–Trinajstić information content (AvgIpc) is 3.28. The third kappa shape index (κ3) is 4.74. The van der Waals surface area contributed by atoms with Crippen molar-refractivity contribution >= 4 is 33.3 Å². The Kier molecular flexibility index (Phi) is 6.88. The summed E-state index contributed by atoms with van der Waals surface area (Å²) in [5.74, 6) is -0.246. The van der Waals surface area contributed by atoms with Gasteiger partial charge in [-0.25, -0.2) is 17.5 Å². The van der Waals surface area contributed by atoms with Gasteiger partial charge in [-0.3, -0.25) is 9.69 Å². The van der Waals surface area contributed by atoms with E-state index in [-0.39, 0.29) is 17.3 Å². The van der Waals surface area contributed by atoms with E-state index in [1.807, 2.05) is 13.0 Å². The first-order valence-corrected chi connectivity index (χ1v) is 14.2. The lowest BCUT2D eigenvalue weighted by Gasteiger charge is -2.38. The average molecular weight is 533 g/mol. The van der Waals surface area contributed by atoms with Crippen molar-refractivity contribution in [3.05, 3.63) is 89.5 Å². The van der Waals surface area contributed by atoms with Crippen LogP contribution in [0.1, 0.15) is 16.7 Å². The summed E-state index contributed by atoms with van der Waals surface area (Å²) in [6.07, 6.45) is 0. The van der Waals surface area contributed by atoms with E-state index in [0.29, 0.717) is 31.9 Å². The number of urea groups is 1. The molecule has 0 spiro atoms. The molecule has 1 unspecified atom stereocenters. The van der Waals surface area contributed by atoms with Crippen LogP contribution in [0.25, 0.3) is 0 Å². The maximum Gasteiger partial charge on any atom is 0.339 e. The van der Waals surface area contributed by atoms with Gasteiger partial charge >= 0.3 is 6.03 Å². The van der Waals surface area contributed by atoms with Crippen molar-refractivity contribution in [3.63, 3.8) is 0 Å². The van der Waals surface area contributed by atoms with Gasteiger partial charge in [-0.1, -0.05) is 48.0 Å². The number of benzene rings is 3. The van der Waals surface area contributed by atoms with Crippen LogP contribution in [0.5, 0.6) is 0 Å². The summed E-state index contributed by atoms with van der Waals surface area (Å²) in [6, 6.07) is 19.9. The zero-order valence-corrected chi connectivity index (χ0v) is 22.7. The molecular weight excluding hydrogens is 500 g/mol. The van der Waals surface area contributed by atoms with Crippen molar-refractivity contribution in [3.8, 4) is 0 Å². The molecule has 0 bridgehead atoms. The fraction of sp³-hybridized carbons (Fsp3) is 0.310. The first kappa shape index (κ1) is 25.8. The monoisotopic (exact) mass is 532 g/mol. The third-order valence-electron chi connectivity index (χ3n) is 7.29. The number of rotatable bonds is 5. The molecule has 9 heteroatoms. The van der Waals surface area contributed by atoms with Crippen molar-refractivity contribution in [1.29, 1.82) is 0 Å². The molecule has 38 heavy (non-hydrogen) atoms. The fourth-order valence-electron chi connectivity index (χ4n) is 5.11. The Morgan fingerprint density at radius 3 is 2.11 bits per heavy atom. The highest BCUT2D eigenvalue weighted by Crippen LogP contribution is 2.31. The van der Waals surface area contributed by atoms with Crippen LogP contribution >= 0.6 is 0 Å². The number of carbonyl (C=O) groups excluding carboxylic acids is 2. The highest BCUT2D eigenvalue weighted by molar-refractivity contribution is 7.89. The molecule has 2 fully saturated rings. The van der Waals surface area contributed by atoms with Gasteiger partial charge in [-0.05, 0) is 62.2 Å². The molecule has 1 atom stereocenters. The van der Waals surface area contributed by atoms with Crippen molar-refractivity contribution < 1.29 is 18.0 Å². The van der Waals surface area contributed by atoms with Crippen LogP contribution in [0.15, 0.2) is 77.7 Å². The summed E-state index contributed by atoms with van der Waals surface area (Å²) >= 11 is 0. The van der Waals surface area contributed by atoms with E-state index >= 15 is 0 Å². The molecule has 2 saturated heterocycles. The topological polar surface area (TPSA) is 81.2 Å². The number of hydrogen-bond donors (Lipinski definition) is 0. The van der Waals surface area contributed by atoms with Gasteiger partial charge in [0.15, 0.2) is 0 Å². The second-order valence-corrected chi connectivity index (χ2v) is 11.8. The van der Waals surface area contributed by atoms with Crippen LogP contribution in [-0.2, 0) is 14.8 Å². The lowest BCUT2D eigenvalue weighted by atomic mass is 10.1. The molecule has 0 saturated carbocycles. The largest absolute Gasteiger partial charge is 0.368 e. The lowest BCUT2D eigenvalue weighted by Crippen LogP contribution is -2.55. The first-order chi connectivity index (χ1) is 18.2. The van der Waals surface area contributed by atoms with Gasteiger partial charge in [0.1, 0.15) is 6.04 Å². The molecular formula is C29H32N4O4S. The molecule has 198 valence electrons. The van der Waals surface area contributed by atoms with Gasteiger partial charge < -0.3 is 9.80 Å². The highest BCUT2D eigenvalue weighted by atomic mass is 32.2. The Balaban J connectivity index is 1.40. The van der Waals surface area contributed by atoms with Crippen LogP contribution in [-0.4, -0.2) is 68.3 Å². The van der Waals surface area contributed by atoms with Crippen LogP contribution in [0.2, 0.25) is 0 Å². The summed E-state index contributed by atoms with van der Waals surface area (Å²) in [5, 5.41) is 0. The first-order valence-electron chi connectivity index (χ1n) is 12.8. The molecule has 3 amide bonds. The van der Waals surface area contributed by atoms with Gasteiger partial charge in [-0.15, -0.1) is 0 Å². The zero-order chi connectivity index (χ0) is 27.0. The summed E-state index contributed by atoms with van der Waals surface area (Å²) in [5.41, 5.74) is 4.93. The molecule has 2 heterocycles. The minimum Gasteiger partial charge on any atom is -0.368 e. The molecule has 2 aliphatic heterocycles. The van der Waals surface area contributed by atoms with Gasteiger partial charge in [0.25, 0.3) is 10.0 Å². The maximum atomic E-state index is 13.8. The van der Waals surface area contributed by atoms with Crippen LogP contribution in [0.3, 0.4) is 0 Å². The number of sulfonamides is 1. The molecule has 0 aromatic heterocycles. The lowest BCUT2D eigenvalue weighted by molar-refractivity contribution is -0.132. The summed E-state index contributed by atoms with van der Waals surface area (Å²) in [4.78, 5) is 32.8. The standard InChI is InChI=1S/C29H32N4O4S/c1-21-10-13-25(14-11-21)38(36,37)32-20-27(33(29(32)35)24-7-5-4-6-8-24)28(34)31-17-15-30(16-18-31)26-19-22(2)9-12-23(26)3/h4-14,19,27H,15-18,20H2,1-3H3. The van der Waals surface area contributed by atoms with E-state index in [9.17, 15) is 18.0 Å². The number of anilines is 2. The Hall–Kier alpha value is -3.85. The zero-order valence-electron chi connectivity index (χ0n) is 21.9. The van der Waals surface area contributed by atoms with Crippen LogP contribution in [0, 0.1) is 20.8 Å². The van der Waals surface area contributed by atoms with Crippen molar-refractivity contribution in [2.45, 2.75) is 31.7 Å². The second-order valence-electron chi connectivity index (χ2n) is 9.96. The summed E-state index contributed by atoms with van der Waals surface area (Å²) < 4.78 is 27.8. The number of hydrogen-bond acceptors (Lipinski definition) is 5. The van der Waals surface area contributed by atoms with Gasteiger partial charge in [0, 0.05) is 37.6 Å². The van der Waals surface area contributed by atoms with E-state index < -0.39 is 22.1 Å². The number of amides is 3. The van der Waals surface area contributed by atoms with Crippen molar-refractivity contribution in [1.82, 2.24) is 9.21 Å².